The second-order valence-electron chi connectivity index (χ2n) is 5.03. The monoisotopic (exact) mass is 339 g/mol. The number of rotatable bonds is 3. The molecule has 20 heavy (non-hydrogen) atoms. The van der Waals surface area contributed by atoms with E-state index in [1.165, 1.54) is 6.07 Å². The molecule has 0 bridgehead atoms. The SMILES string of the molecule is Cc1cc(C)cc(C(C)Nc2cc(Br)c(F)cc2F)c1. The summed E-state index contributed by atoms with van der Waals surface area (Å²) in [5, 5.41) is 3.08. The summed E-state index contributed by atoms with van der Waals surface area (Å²) in [6.45, 7) is 6.00. The molecule has 0 aliphatic carbocycles. The van der Waals surface area contributed by atoms with Crippen LogP contribution in [0.25, 0.3) is 0 Å². The molecule has 2 aromatic carbocycles. The van der Waals surface area contributed by atoms with Gasteiger partial charge >= 0.3 is 0 Å². The van der Waals surface area contributed by atoms with E-state index < -0.39 is 11.6 Å². The van der Waals surface area contributed by atoms with E-state index in [1.54, 1.807) is 0 Å². The highest BCUT2D eigenvalue weighted by Crippen LogP contribution is 2.27. The van der Waals surface area contributed by atoms with Gasteiger partial charge in [-0.1, -0.05) is 29.3 Å². The van der Waals surface area contributed by atoms with Gasteiger partial charge in [-0.2, -0.15) is 0 Å². The molecule has 1 atom stereocenters. The van der Waals surface area contributed by atoms with Gasteiger partial charge in [-0.3, -0.25) is 0 Å². The Bertz CT molecular complexity index is 620. The lowest BCUT2D eigenvalue weighted by atomic mass is 10.0. The van der Waals surface area contributed by atoms with Gasteiger partial charge in [-0.25, -0.2) is 8.78 Å². The van der Waals surface area contributed by atoms with Gasteiger partial charge in [0.1, 0.15) is 11.6 Å². The first-order chi connectivity index (χ1) is 9.36. The highest BCUT2D eigenvalue weighted by Gasteiger charge is 2.12. The van der Waals surface area contributed by atoms with Crippen LogP contribution >= 0.6 is 15.9 Å². The van der Waals surface area contributed by atoms with Gasteiger partial charge in [0.15, 0.2) is 0 Å². The first kappa shape index (κ1) is 15.0. The largest absolute Gasteiger partial charge is 0.376 e. The minimum Gasteiger partial charge on any atom is -0.376 e. The standard InChI is InChI=1S/C16H16BrF2N/c1-9-4-10(2)6-12(5-9)11(3)20-16-7-13(17)14(18)8-15(16)19/h4-8,11,20H,1-3H3. The molecule has 0 amide bonds. The third-order valence-corrected chi connectivity index (χ3v) is 3.73. The second kappa shape index (κ2) is 5.92. The summed E-state index contributed by atoms with van der Waals surface area (Å²) < 4.78 is 27.2. The van der Waals surface area contributed by atoms with Crippen LogP contribution in [-0.2, 0) is 0 Å². The van der Waals surface area contributed by atoms with Crippen molar-refractivity contribution in [2.45, 2.75) is 26.8 Å². The predicted octanol–water partition coefficient (Wildman–Crippen LogP) is 5.52. The fourth-order valence-electron chi connectivity index (χ4n) is 2.21. The fourth-order valence-corrected chi connectivity index (χ4v) is 2.55. The van der Waals surface area contributed by atoms with Crippen LogP contribution in [0.4, 0.5) is 14.5 Å². The Balaban J connectivity index is 2.27. The average molecular weight is 340 g/mol. The number of hydrogen-bond acceptors (Lipinski definition) is 1. The fraction of sp³-hybridized carbons (Fsp3) is 0.250. The van der Waals surface area contributed by atoms with Gasteiger partial charge < -0.3 is 5.32 Å². The van der Waals surface area contributed by atoms with E-state index in [0.717, 1.165) is 22.8 Å². The van der Waals surface area contributed by atoms with Crippen LogP contribution in [0, 0.1) is 25.5 Å². The zero-order chi connectivity index (χ0) is 14.9. The molecule has 0 fully saturated rings. The van der Waals surface area contributed by atoms with Crippen molar-refractivity contribution in [1.29, 1.82) is 0 Å². The van der Waals surface area contributed by atoms with Gasteiger partial charge in [0.25, 0.3) is 0 Å². The van der Waals surface area contributed by atoms with Crippen molar-refractivity contribution in [3.63, 3.8) is 0 Å². The maximum absolute atomic E-state index is 13.7. The Morgan fingerprint density at radius 2 is 1.55 bits per heavy atom. The Labute approximate surface area is 126 Å². The molecule has 0 aromatic heterocycles. The first-order valence-corrected chi connectivity index (χ1v) is 7.15. The average Bonchev–Trinajstić information content (AvgIpc) is 2.34. The van der Waals surface area contributed by atoms with E-state index in [0.29, 0.717) is 0 Å². The summed E-state index contributed by atoms with van der Waals surface area (Å²) in [5.41, 5.74) is 3.68. The lowest BCUT2D eigenvalue weighted by molar-refractivity contribution is 0.579. The van der Waals surface area contributed by atoms with E-state index >= 15 is 0 Å². The van der Waals surface area contributed by atoms with Crippen molar-refractivity contribution in [3.05, 3.63) is 63.1 Å². The summed E-state index contributed by atoms with van der Waals surface area (Å²) >= 11 is 3.07. The number of aryl methyl sites for hydroxylation is 2. The summed E-state index contributed by atoms with van der Waals surface area (Å²) in [7, 11) is 0. The van der Waals surface area contributed by atoms with Crippen molar-refractivity contribution < 1.29 is 8.78 Å². The molecule has 106 valence electrons. The van der Waals surface area contributed by atoms with Crippen LogP contribution in [0.1, 0.15) is 29.7 Å². The van der Waals surface area contributed by atoms with E-state index in [9.17, 15) is 8.78 Å². The predicted molar refractivity (Wildman–Crippen MR) is 82.0 cm³/mol. The van der Waals surface area contributed by atoms with Gasteiger partial charge in [-0.05, 0) is 48.3 Å². The maximum Gasteiger partial charge on any atom is 0.149 e. The number of halogens is 3. The van der Waals surface area contributed by atoms with Crippen LogP contribution in [0.5, 0.6) is 0 Å². The molecule has 0 saturated carbocycles. The van der Waals surface area contributed by atoms with Crippen LogP contribution < -0.4 is 5.32 Å². The van der Waals surface area contributed by atoms with Crippen molar-refractivity contribution in [1.82, 2.24) is 0 Å². The summed E-state index contributed by atoms with van der Waals surface area (Å²) in [6, 6.07) is 8.43. The Hall–Kier alpha value is -1.42. The molecule has 0 saturated heterocycles. The Kier molecular flexibility index (Phi) is 4.43. The van der Waals surface area contributed by atoms with Gasteiger partial charge in [0.2, 0.25) is 0 Å². The van der Waals surface area contributed by atoms with Crippen molar-refractivity contribution in [2.75, 3.05) is 5.32 Å². The summed E-state index contributed by atoms with van der Waals surface area (Å²) in [5.74, 6) is -1.20. The maximum atomic E-state index is 13.7. The quantitative estimate of drug-likeness (QED) is 0.726. The zero-order valence-electron chi connectivity index (χ0n) is 11.6. The van der Waals surface area contributed by atoms with Crippen molar-refractivity contribution in [2.24, 2.45) is 0 Å². The van der Waals surface area contributed by atoms with Crippen LogP contribution in [0.15, 0.2) is 34.8 Å². The van der Waals surface area contributed by atoms with Gasteiger partial charge in [0, 0.05) is 12.1 Å². The molecule has 1 unspecified atom stereocenters. The molecule has 0 aliphatic rings. The third kappa shape index (κ3) is 3.37. The molecule has 0 heterocycles. The molecule has 0 aliphatic heterocycles. The zero-order valence-corrected chi connectivity index (χ0v) is 13.2. The molecule has 2 aromatic rings. The lowest BCUT2D eigenvalue weighted by Crippen LogP contribution is -2.09. The van der Waals surface area contributed by atoms with Gasteiger partial charge in [-0.15, -0.1) is 0 Å². The molecule has 1 nitrogen and oxygen atoms in total. The highest BCUT2D eigenvalue weighted by molar-refractivity contribution is 9.10. The molecule has 1 N–H and O–H groups in total. The van der Waals surface area contributed by atoms with E-state index in [2.05, 4.69) is 39.4 Å². The lowest BCUT2D eigenvalue weighted by Gasteiger charge is -2.18. The van der Waals surface area contributed by atoms with Gasteiger partial charge in [0.05, 0.1) is 10.2 Å². The summed E-state index contributed by atoms with van der Waals surface area (Å²) in [4.78, 5) is 0. The van der Waals surface area contributed by atoms with E-state index in [-0.39, 0.29) is 16.2 Å². The van der Waals surface area contributed by atoms with Crippen LogP contribution in [0.2, 0.25) is 0 Å². The summed E-state index contributed by atoms with van der Waals surface area (Å²) in [6.07, 6.45) is 0. The van der Waals surface area contributed by atoms with Crippen LogP contribution in [-0.4, -0.2) is 0 Å². The minimum absolute atomic E-state index is 0.0690. The molecule has 4 heteroatoms. The smallest absolute Gasteiger partial charge is 0.149 e. The molecule has 0 radical (unpaired) electrons. The molecular weight excluding hydrogens is 324 g/mol. The Morgan fingerprint density at radius 1 is 0.950 bits per heavy atom. The van der Waals surface area contributed by atoms with Crippen LogP contribution in [0.3, 0.4) is 0 Å². The second-order valence-corrected chi connectivity index (χ2v) is 5.89. The third-order valence-electron chi connectivity index (χ3n) is 3.13. The first-order valence-electron chi connectivity index (χ1n) is 6.36. The Morgan fingerprint density at radius 3 is 2.15 bits per heavy atom. The topological polar surface area (TPSA) is 12.0 Å². The number of nitrogens with one attached hydrogen (secondary N) is 1. The molecule has 0 spiro atoms. The minimum atomic E-state index is -0.605. The van der Waals surface area contributed by atoms with Crippen molar-refractivity contribution in [3.8, 4) is 0 Å². The van der Waals surface area contributed by atoms with Crippen molar-refractivity contribution >= 4 is 21.6 Å². The highest BCUT2D eigenvalue weighted by atomic mass is 79.9. The number of hydrogen-bond donors (Lipinski definition) is 1. The molecule has 2 rings (SSSR count). The normalized spacial score (nSPS) is 12.3. The molecular formula is C16H16BrF2N. The van der Waals surface area contributed by atoms with E-state index in [1.807, 2.05) is 20.8 Å². The van der Waals surface area contributed by atoms with E-state index in [4.69, 9.17) is 0 Å². The number of anilines is 1. The number of benzene rings is 2.